The second kappa shape index (κ2) is 39.1. The lowest BCUT2D eigenvalue weighted by molar-refractivity contribution is -0.0248. The zero-order valence-electron chi connectivity index (χ0n) is 25.6. The van der Waals surface area contributed by atoms with Gasteiger partial charge in [0.1, 0.15) is 0 Å². The summed E-state index contributed by atoms with van der Waals surface area (Å²) in [5.41, 5.74) is 0. The standard InChI is InChI=1S/C30H61BrO9/c1-2-3-4-5-6-7-8-9-10-11-13-32-15-17-34-19-21-36-23-25-38-27-29-40-30-28-39-26-24-37-22-20-35-18-16-33-14-12-31/h2-30H2,1H3. The average Bonchev–Trinajstić information content (AvgIpc) is 2.97. The van der Waals surface area contributed by atoms with Gasteiger partial charge in [-0.05, 0) is 6.42 Å². The fourth-order valence-electron chi connectivity index (χ4n) is 3.61. The number of ether oxygens (including phenoxy) is 9. The molecule has 9 nitrogen and oxygen atoms in total. The maximum atomic E-state index is 5.64. The van der Waals surface area contributed by atoms with E-state index in [1.54, 1.807) is 0 Å². The Balaban J connectivity index is 3.01. The van der Waals surface area contributed by atoms with Gasteiger partial charge < -0.3 is 42.6 Å². The van der Waals surface area contributed by atoms with Crippen molar-refractivity contribution in [2.45, 2.75) is 71.1 Å². The monoisotopic (exact) mass is 644 g/mol. The molecule has 0 fully saturated rings. The predicted molar refractivity (Wildman–Crippen MR) is 163 cm³/mol. The van der Waals surface area contributed by atoms with E-state index in [4.69, 9.17) is 42.6 Å². The first kappa shape index (κ1) is 40.1. The molecule has 0 amide bonds. The molecule has 0 bridgehead atoms. The Morgan fingerprint density at radius 2 is 0.500 bits per heavy atom. The third-order valence-electron chi connectivity index (χ3n) is 5.84. The van der Waals surface area contributed by atoms with Gasteiger partial charge in [0.05, 0.1) is 112 Å². The van der Waals surface area contributed by atoms with Gasteiger partial charge in [-0.2, -0.15) is 0 Å². The highest BCUT2D eigenvalue weighted by Gasteiger charge is 1.96. The third kappa shape index (κ3) is 38.1. The number of hydrogen-bond acceptors (Lipinski definition) is 9. The van der Waals surface area contributed by atoms with Crippen molar-refractivity contribution in [3.8, 4) is 0 Å². The number of unbranched alkanes of at least 4 members (excludes halogenated alkanes) is 9. The van der Waals surface area contributed by atoms with Crippen molar-refractivity contribution < 1.29 is 42.6 Å². The molecule has 0 spiro atoms. The van der Waals surface area contributed by atoms with Crippen LogP contribution in [0.4, 0.5) is 0 Å². The smallest absolute Gasteiger partial charge is 0.0701 e. The Morgan fingerprint density at radius 3 is 0.775 bits per heavy atom. The van der Waals surface area contributed by atoms with Crippen LogP contribution in [-0.4, -0.2) is 124 Å². The van der Waals surface area contributed by atoms with Crippen LogP contribution < -0.4 is 0 Å². The molecule has 10 heteroatoms. The van der Waals surface area contributed by atoms with Crippen molar-refractivity contribution in [2.75, 3.05) is 124 Å². The fourth-order valence-corrected chi connectivity index (χ4v) is 3.84. The first-order chi connectivity index (χ1) is 19.9. The molecule has 0 saturated carbocycles. The highest BCUT2D eigenvalue weighted by molar-refractivity contribution is 9.09. The summed E-state index contributed by atoms with van der Waals surface area (Å²) >= 11 is 3.30. The first-order valence-electron chi connectivity index (χ1n) is 15.7. The molecule has 242 valence electrons. The van der Waals surface area contributed by atoms with E-state index < -0.39 is 0 Å². The summed E-state index contributed by atoms with van der Waals surface area (Å²) in [4.78, 5) is 0. The van der Waals surface area contributed by atoms with Crippen LogP contribution in [0, 0.1) is 0 Å². The second-order valence-corrected chi connectivity index (χ2v) is 10.2. The summed E-state index contributed by atoms with van der Waals surface area (Å²) in [6, 6.07) is 0. The average molecular weight is 646 g/mol. The van der Waals surface area contributed by atoms with Gasteiger partial charge in [-0.15, -0.1) is 0 Å². The Morgan fingerprint density at radius 1 is 0.275 bits per heavy atom. The minimum absolute atomic E-state index is 0.539. The van der Waals surface area contributed by atoms with Gasteiger partial charge in [0.2, 0.25) is 0 Å². The molecule has 0 N–H and O–H groups in total. The summed E-state index contributed by atoms with van der Waals surface area (Å²) in [7, 11) is 0. The molecule has 0 aromatic heterocycles. The van der Waals surface area contributed by atoms with Crippen LogP contribution in [0.1, 0.15) is 71.1 Å². The van der Waals surface area contributed by atoms with Crippen molar-refractivity contribution in [1.82, 2.24) is 0 Å². The molecular formula is C30H61BrO9. The molecule has 0 unspecified atom stereocenters. The normalized spacial score (nSPS) is 11.6. The van der Waals surface area contributed by atoms with Crippen LogP contribution in [0.2, 0.25) is 0 Å². The van der Waals surface area contributed by atoms with Crippen molar-refractivity contribution in [3.05, 3.63) is 0 Å². The van der Waals surface area contributed by atoms with Gasteiger partial charge in [0.25, 0.3) is 0 Å². The molecule has 0 aliphatic heterocycles. The Kier molecular flexibility index (Phi) is 39.2. The van der Waals surface area contributed by atoms with E-state index in [0.717, 1.165) is 18.4 Å². The summed E-state index contributed by atoms with van der Waals surface area (Å²) in [5, 5.41) is 0.845. The van der Waals surface area contributed by atoms with Crippen LogP contribution >= 0.6 is 15.9 Å². The highest BCUT2D eigenvalue weighted by Crippen LogP contribution is 2.10. The maximum Gasteiger partial charge on any atom is 0.0701 e. The molecule has 0 aromatic rings. The van der Waals surface area contributed by atoms with Crippen LogP contribution in [0.5, 0.6) is 0 Å². The minimum atomic E-state index is 0.539. The molecule has 0 atom stereocenters. The maximum absolute atomic E-state index is 5.64. The molecule has 0 radical (unpaired) electrons. The molecule has 0 aliphatic carbocycles. The van der Waals surface area contributed by atoms with E-state index in [1.165, 1.54) is 57.8 Å². The number of halogens is 1. The molecular weight excluding hydrogens is 584 g/mol. The third-order valence-corrected chi connectivity index (χ3v) is 6.16. The van der Waals surface area contributed by atoms with Gasteiger partial charge in [-0.25, -0.2) is 0 Å². The van der Waals surface area contributed by atoms with Crippen LogP contribution in [0.3, 0.4) is 0 Å². The fraction of sp³-hybridized carbons (Fsp3) is 1.00. The first-order valence-corrected chi connectivity index (χ1v) is 16.8. The predicted octanol–water partition coefficient (Wildman–Crippen LogP) is 5.45. The van der Waals surface area contributed by atoms with Gasteiger partial charge >= 0.3 is 0 Å². The topological polar surface area (TPSA) is 83.1 Å². The lowest BCUT2D eigenvalue weighted by Gasteiger charge is -2.09. The molecule has 0 aromatic carbocycles. The lowest BCUT2D eigenvalue weighted by atomic mass is 10.1. The second-order valence-electron chi connectivity index (χ2n) is 9.38. The number of rotatable bonds is 37. The summed E-state index contributed by atoms with van der Waals surface area (Å²) in [5.74, 6) is 0. The van der Waals surface area contributed by atoms with E-state index in [-0.39, 0.29) is 0 Å². The Bertz CT molecular complexity index is 398. The molecule has 0 heterocycles. The van der Waals surface area contributed by atoms with Gasteiger partial charge in [0.15, 0.2) is 0 Å². The van der Waals surface area contributed by atoms with Crippen LogP contribution in [0.25, 0.3) is 0 Å². The van der Waals surface area contributed by atoms with E-state index in [0.29, 0.717) is 112 Å². The molecule has 40 heavy (non-hydrogen) atoms. The van der Waals surface area contributed by atoms with Crippen LogP contribution in [0.15, 0.2) is 0 Å². The Hall–Kier alpha value is 0.120. The van der Waals surface area contributed by atoms with E-state index in [1.807, 2.05) is 0 Å². The van der Waals surface area contributed by atoms with E-state index in [9.17, 15) is 0 Å². The summed E-state index contributed by atoms with van der Waals surface area (Å²) < 4.78 is 49.2. The van der Waals surface area contributed by atoms with Gasteiger partial charge in [-0.3, -0.25) is 0 Å². The Labute approximate surface area is 253 Å². The molecule has 0 rings (SSSR count). The highest BCUT2D eigenvalue weighted by atomic mass is 79.9. The van der Waals surface area contributed by atoms with E-state index in [2.05, 4.69) is 22.9 Å². The van der Waals surface area contributed by atoms with Crippen molar-refractivity contribution >= 4 is 15.9 Å². The van der Waals surface area contributed by atoms with Crippen LogP contribution in [-0.2, 0) is 42.6 Å². The van der Waals surface area contributed by atoms with Crippen molar-refractivity contribution in [1.29, 1.82) is 0 Å². The molecule has 0 saturated heterocycles. The number of hydrogen-bond donors (Lipinski definition) is 0. The summed E-state index contributed by atoms with van der Waals surface area (Å²) in [6.07, 6.45) is 13.5. The minimum Gasteiger partial charge on any atom is -0.379 e. The van der Waals surface area contributed by atoms with Crippen molar-refractivity contribution in [2.24, 2.45) is 0 Å². The zero-order valence-corrected chi connectivity index (χ0v) is 27.1. The van der Waals surface area contributed by atoms with Gasteiger partial charge in [0, 0.05) is 11.9 Å². The summed E-state index contributed by atoms with van der Waals surface area (Å²) in [6.45, 7) is 12.9. The SMILES string of the molecule is CCCCCCCCCCCCOCCOCCOCCOCCOCCOCCOCCOCCOCCBr. The lowest BCUT2D eigenvalue weighted by Crippen LogP contribution is -2.15. The molecule has 0 aliphatic rings. The van der Waals surface area contributed by atoms with Gasteiger partial charge in [-0.1, -0.05) is 80.6 Å². The van der Waals surface area contributed by atoms with Crippen molar-refractivity contribution in [3.63, 3.8) is 0 Å². The largest absolute Gasteiger partial charge is 0.379 e. The zero-order chi connectivity index (χ0) is 28.9. The number of alkyl halides is 1. The quantitative estimate of drug-likeness (QED) is 0.0647. The van der Waals surface area contributed by atoms with E-state index >= 15 is 0 Å².